The molecular weight excluding hydrogens is 411 g/mol. The highest BCUT2D eigenvalue weighted by molar-refractivity contribution is 14.1. The van der Waals surface area contributed by atoms with Crippen molar-refractivity contribution in [3.8, 4) is 0 Å². The Labute approximate surface area is 157 Å². The SMILES string of the molecule is O=C(NCc1cccc(CN2CCCCC2)c1)c1ccc(I)cc1. The van der Waals surface area contributed by atoms with Crippen LogP contribution in [0.2, 0.25) is 0 Å². The van der Waals surface area contributed by atoms with Crippen LogP contribution in [0.1, 0.15) is 40.7 Å². The molecule has 0 radical (unpaired) electrons. The van der Waals surface area contributed by atoms with Gasteiger partial charge in [0.05, 0.1) is 0 Å². The summed E-state index contributed by atoms with van der Waals surface area (Å²) in [7, 11) is 0. The smallest absolute Gasteiger partial charge is 0.251 e. The molecule has 1 amide bonds. The van der Waals surface area contributed by atoms with Crippen molar-refractivity contribution in [2.45, 2.75) is 32.4 Å². The van der Waals surface area contributed by atoms with Crippen LogP contribution in [0.3, 0.4) is 0 Å². The molecule has 1 fully saturated rings. The number of benzene rings is 2. The van der Waals surface area contributed by atoms with Crippen LogP contribution in [0.5, 0.6) is 0 Å². The van der Waals surface area contributed by atoms with Gasteiger partial charge in [0.15, 0.2) is 0 Å². The molecule has 0 bridgehead atoms. The Hall–Kier alpha value is -1.40. The zero-order chi connectivity index (χ0) is 16.8. The van der Waals surface area contributed by atoms with E-state index in [9.17, 15) is 4.79 Å². The molecule has 0 spiro atoms. The van der Waals surface area contributed by atoms with Crippen LogP contribution in [-0.4, -0.2) is 23.9 Å². The molecule has 2 aromatic rings. The van der Waals surface area contributed by atoms with Gasteiger partial charge < -0.3 is 5.32 Å². The third-order valence-corrected chi connectivity index (χ3v) is 5.12. The predicted octanol–water partition coefficient (Wildman–Crippen LogP) is 4.21. The van der Waals surface area contributed by atoms with Gasteiger partial charge in [-0.3, -0.25) is 9.69 Å². The van der Waals surface area contributed by atoms with Crippen molar-refractivity contribution in [3.05, 3.63) is 68.8 Å². The number of nitrogens with one attached hydrogen (secondary N) is 1. The van der Waals surface area contributed by atoms with Crippen LogP contribution >= 0.6 is 22.6 Å². The minimum atomic E-state index is -0.0205. The van der Waals surface area contributed by atoms with Crippen molar-refractivity contribution in [1.29, 1.82) is 0 Å². The minimum absolute atomic E-state index is 0.0205. The fraction of sp³-hybridized carbons (Fsp3) is 0.350. The monoisotopic (exact) mass is 434 g/mol. The van der Waals surface area contributed by atoms with E-state index in [1.807, 2.05) is 24.3 Å². The molecule has 1 heterocycles. The quantitative estimate of drug-likeness (QED) is 0.716. The van der Waals surface area contributed by atoms with Crippen molar-refractivity contribution in [2.24, 2.45) is 0 Å². The first-order valence-electron chi connectivity index (χ1n) is 8.55. The van der Waals surface area contributed by atoms with E-state index in [1.165, 1.54) is 37.9 Å². The summed E-state index contributed by atoms with van der Waals surface area (Å²) in [6.45, 7) is 3.99. The Morgan fingerprint density at radius 2 is 1.71 bits per heavy atom. The zero-order valence-electron chi connectivity index (χ0n) is 13.8. The fourth-order valence-corrected chi connectivity index (χ4v) is 3.46. The molecule has 0 unspecified atom stereocenters. The predicted molar refractivity (Wildman–Crippen MR) is 106 cm³/mol. The number of hydrogen-bond donors (Lipinski definition) is 1. The molecule has 1 aliphatic heterocycles. The Morgan fingerprint density at radius 1 is 1.00 bits per heavy atom. The maximum absolute atomic E-state index is 12.2. The van der Waals surface area contributed by atoms with Gasteiger partial charge in [0, 0.05) is 22.2 Å². The summed E-state index contributed by atoms with van der Waals surface area (Å²) in [4.78, 5) is 14.7. The Morgan fingerprint density at radius 3 is 2.46 bits per heavy atom. The Balaban J connectivity index is 1.56. The van der Waals surface area contributed by atoms with E-state index in [0.717, 1.165) is 15.7 Å². The van der Waals surface area contributed by atoms with Crippen LogP contribution in [0, 0.1) is 3.57 Å². The second kappa shape index (κ2) is 8.62. The largest absolute Gasteiger partial charge is 0.348 e. The molecule has 0 aromatic heterocycles. The molecule has 1 saturated heterocycles. The molecular formula is C20H23IN2O. The zero-order valence-corrected chi connectivity index (χ0v) is 16.0. The van der Waals surface area contributed by atoms with E-state index >= 15 is 0 Å². The second-order valence-corrected chi connectivity index (χ2v) is 7.59. The number of nitrogens with zero attached hydrogens (tertiary/aromatic N) is 1. The number of amides is 1. The van der Waals surface area contributed by atoms with E-state index in [1.54, 1.807) is 0 Å². The van der Waals surface area contributed by atoms with Crippen molar-refractivity contribution in [1.82, 2.24) is 10.2 Å². The van der Waals surface area contributed by atoms with Gasteiger partial charge in [0.25, 0.3) is 5.91 Å². The van der Waals surface area contributed by atoms with Gasteiger partial charge in [-0.25, -0.2) is 0 Å². The summed E-state index contributed by atoms with van der Waals surface area (Å²) in [5.74, 6) is -0.0205. The third-order valence-electron chi connectivity index (χ3n) is 4.41. The highest BCUT2D eigenvalue weighted by Gasteiger charge is 2.11. The molecule has 126 valence electrons. The van der Waals surface area contributed by atoms with Gasteiger partial charge in [-0.1, -0.05) is 30.7 Å². The van der Waals surface area contributed by atoms with Crippen molar-refractivity contribution in [2.75, 3.05) is 13.1 Å². The van der Waals surface area contributed by atoms with Crippen LogP contribution in [-0.2, 0) is 13.1 Å². The standard InChI is InChI=1S/C20H23IN2O/c21-19-9-7-18(8-10-19)20(24)22-14-16-5-4-6-17(13-16)15-23-11-2-1-3-12-23/h4-10,13H,1-3,11-12,14-15H2,(H,22,24). The first-order chi connectivity index (χ1) is 11.7. The summed E-state index contributed by atoms with van der Waals surface area (Å²) in [5, 5.41) is 3.01. The number of hydrogen-bond acceptors (Lipinski definition) is 2. The maximum Gasteiger partial charge on any atom is 0.251 e. The number of piperidine rings is 1. The van der Waals surface area contributed by atoms with Gasteiger partial charge in [0.2, 0.25) is 0 Å². The van der Waals surface area contributed by atoms with E-state index < -0.39 is 0 Å². The molecule has 2 aromatic carbocycles. The first kappa shape index (κ1) is 17.4. The molecule has 3 nitrogen and oxygen atoms in total. The van der Waals surface area contributed by atoms with Crippen LogP contribution in [0.25, 0.3) is 0 Å². The van der Waals surface area contributed by atoms with Crippen molar-refractivity contribution >= 4 is 28.5 Å². The molecule has 3 rings (SSSR count). The fourth-order valence-electron chi connectivity index (χ4n) is 3.10. The highest BCUT2D eigenvalue weighted by Crippen LogP contribution is 2.14. The van der Waals surface area contributed by atoms with E-state index in [4.69, 9.17) is 0 Å². The number of rotatable bonds is 5. The second-order valence-electron chi connectivity index (χ2n) is 6.35. The molecule has 1 N–H and O–H groups in total. The first-order valence-corrected chi connectivity index (χ1v) is 9.62. The maximum atomic E-state index is 12.2. The average molecular weight is 434 g/mol. The van der Waals surface area contributed by atoms with Crippen molar-refractivity contribution < 1.29 is 4.79 Å². The number of carbonyl (C=O) groups excluding carboxylic acids is 1. The summed E-state index contributed by atoms with van der Waals surface area (Å²) >= 11 is 2.24. The number of likely N-dealkylation sites (tertiary alicyclic amines) is 1. The van der Waals surface area contributed by atoms with E-state index in [-0.39, 0.29) is 5.91 Å². The molecule has 0 saturated carbocycles. The normalized spacial score (nSPS) is 15.2. The minimum Gasteiger partial charge on any atom is -0.348 e. The van der Waals surface area contributed by atoms with Crippen LogP contribution < -0.4 is 5.32 Å². The summed E-state index contributed by atoms with van der Waals surface area (Å²) in [5.41, 5.74) is 3.20. The lowest BCUT2D eigenvalue weighted by Crippen LogP contribution is -2.29. The lowest BCUT2D eigenvalue weighted by Gasteiger charge is -2.26. The summed E-state index contributed by atoms with van der Waals surface area (Å²) in [6, 6.07) is 16.2. The Kier molecular flexibility index (Phi) is 6.26. The highest BCUT2D eigenvalue weighted by atomic mass is 127. The topological polar surface area (TPSA) is 32.3 Å². The van der Waals surface area contributed by atoms with Gasteiger partial charge in [-0.05, 0) is 83.9 Å². The van der Waals surface area contributed by atoms with Gasteiger partial charge >= 0.3 is 0 Å². The van der Waals surface area contributed by atoms with Crippen molar-refractivity contribution in [3.63, 3.8) is 0 Å². The molecule has 1 aliphatic rings. The number of halogens is 1. The van der Waals surface area contributed by atoms with E-state index in [0.29, 0.717) is 12.1 Å². The molecule has 0 aliphatic carbocycles. The lowest BCUT2D eigenvalue weighted by atomic mass is 10.1. The average Bonchev–Trinajstić information content (AvgIpc) is 2.61. The molecule has 4 heteroatoms. The lowest BCUT2D eigenvalue weighted by molar-refractivity contribution is 0.0951. The summed E-state index contributed by atoms with van der Waals surface area (Å²) in [6.07, 6.45) is 3.98. The van der Waals surface area contributed by atoms with E-state index in [2.05, 4.69) is 57.1 Å². The number of carbonyl (C=O) groups is 1. The van der Waals surface area contributed by atoms with Gasteiger partial charge in [0.1, 0.15) is 0 Å². The Bertz CT molecular complexity index is 678. The van der Waals surface area contributed by atoms with Crippen LogP contribution in [0.4, 0.5) is 0 Å². The summed E-state index contributed by atoms with van der Waals surface area (Å²) < 4.78 is 1.13. The molecule has 0 atom stereocenters. The van der Waals surface area contributed by atoms with Gasteiger partial charge in [-0.15, -0.1) is 0 Å². The third kappa shape index (κ3) is 5.05. The van der Waals surface area contributed by atoms with Gasteiger partial charge in [-0.2, -0.15) is 0 Å². The molecule has 24 heavy (non-hydrogen) atoms. The van der Waals surface area contributed by atoms with Crippen LogP contribution in [0.15, 0.2) is 48.5 Å².